The highest BCUT2D eigenvalue weighted by atomic mass is 35.5. The lowest BCUT2D eigenvalue weighted by Gasteiger charge is -2.25. The summed E-state index contributed by atoms with van der Waals surface area (Å²) in [5.74, 6) is 0.848. The van der Waals surface area contributed by atoms with E-state index in [1.807, 2.05) is 13.0 Å². The Morgan fingerprint density at radius 1 is 1.29 bits per heavy atom. The molecule has 2 atom stereocenters. The molecule has 0 bridgehead atoms. The summed E-state index contributed by atoms with van der Waals surface area (Å²) in [5.41, 5.74) is 1.65. The van der Waals surface area contributed by atoms with Crippen LogP contribution in [0.15, 0.2) is 12.3 Å². The smallest absolute Gasteiger partial charge is 0.160 e. The molecule has 0 aromatic carbocycles. The fourth-order valence-electron chi connectivity index (χ4n) is 2.63. The van der Waals surface area contributed by atoms with Crippen LogP contribution in [0.25, 0.3) is 11.2 Å². The fraction of sp³-hybridized carbons (Fsp3) is 0.600. The zero-order valence-electron chi connectivity index (χ0n) is 13.0. The molecule has 0 fully saturated rings. The average molecular weight is 329 g/mol. The molecule has 0 aliphatic rings. The van der Waals surface area contributed by atoms with E-state index in [0.29, 0.717) is 5.02 Å². The maximum atomic E-state index is 6.31. The average Bonchev–Trinajstić information content (AvgIpc) is 2.83. The maximum Gasteiger partial charge on any atom is 0.160 e. The quantitative estimate of drug-likeness (QED) is 0.742. The Morgan fingerprint density at radius 2 is 1.95 bits per heavy atom. The Balaban J connectivity index is 2.47. The first-order valence-electron chi connectivity index (χ1n) is 7.37. The van der Waals surface area contributed by atoms with E-state index in [1.165, 1.54) is 0 Å². The zero-order valence-corrected chi connectivity index (χ0v) is 14.5. The van der Waals surface area contributed by atoms with Gasteiger partial charge < -0.3 is 9.47 Å². The second-order valence-electron chi connectivity index (χ2n) is 5.29. The molecule has 2 unspecified atom stereocenters. The molecule has 0 saturated heterocycles. The summed E-state index contributed by atoms with van der Waals surface area (Å²) in [6, 6.07) is 2.09. The molecule has 0 amide bonds. The van der Waals surface area contributed by atoms with Crippen molar-refractivity contribution in [3.8, 4) is 0 Å². The Labute approximate surface area is 136 Å². The van der Waals surface area contributed by atoms with Gasteiger partial charge >= 0.3 is 0 Å². The van der Waals surface area contributed by atoms with Gasteiger partial charge in [0.2, 0.25) is 0 Å². The molecule has 2 aromatic heterocycles. The summed E-state index contributed by atoms with van der Waals surface area (Å²) in [6.07, 6.45) is 1.66. The molecule has 2 aromatic rings. The highest BCUT2D eigenvalue weighted by Crippen LogP contribution is 2.28. The van der Waals surface area contributed by atoms with Crippen molar-refractivity contribution in [2.45, 2.75) is 39.1 Å². The van der Waals surface area contributed by atoms with Crippen molar-refractivity contribution in [3.05, 3.63) is 23.1 Å². The monoisotopic (exact) mass is 328 g/mol. The minimum atomic E-state index is -0.169. The number of halogens is 2. The Bertz CT molecular complexity index is 605. The predicted molar refractivity (Wildman–Crippen MR) is 89.3 cm³/mol. The number of alkyl halides is 1. The largest absolute Gasteiger partial charge is 0.307 e. The normalized spacial score (nSPS) is 14.8. The molecule has 2 heterocycles. The second kappa shape index (κ2) is 6.95. The van der Waals surface area contributed by atoms with E-state index < -0.39 is 0 Å². The number of fused-ring (bicyclic) bond motifs is 1. The van der Waals surface area contributed by atoms with Crippen LogP contribution >= 0.6 is 23.2 Å². The summed E-state index contributed by atoms with van der Waals surface area (Å²) < 4.78 is 2.14. The van der Waals surface area contributed by atoms with Crippen molar-refractivity contribution in [2.75, 3.05) is 19.6 Å². The van der Waals surface area contributed by atoms with Gasteiger partial charge in [-0.3, -0.25) is 0 Å². The molecule has 4 nitrogen and oxygen atoms in total. The van der Waals surface area contributed by atoms with Crippen LogP contribution in [0.5, 0.6) is 0 Å². The van der Waals surface area contributed by atoms with Gasteiger partial charge in [0.1, 0.15) is 11.3 Å². The van der Waals surface area contributed by atoms with Gasteiger partial charge in [-0.15, -0.1) is 11.6 Å². The third-order valence-electron chi connectivity index (χ3n) is 3.74. The molecule has 0 aliphatic heterocycles. The van der Waals surface area contributed by atoms with Gasteiger partial charge in [-0.05, 0) is 33.0 Å². The summed E-state index contributed by atoms with van der Waals surface area (Å²) >= 11 is 12.3. The van der Waals surface area contributed by atoms with Gasteiger partial charge in [0, 0.05) is 18.8 Å². The molecular weight excluding hydrogens is 307 g/mol. The highest BCUT2D eigenvalue weighted by molar-refractivity contribution is 6.31. The van der Waals surface area contributed by atoms with Crippen molar-refractivity contribution in [1.82, 2.24) is 19.4 Å². The molecule has 0 spiro atoms. The van der Waals surface area contributed by atoms with Crippen LogP contribution in [0.2, 0.25) is 5.02 Å². The standard InChI is InChI=1S/C15H22Cl2N4/c1-5-20(6-2)9-10(3)21-14(11(4)16)19-13-7-12(17)8-18-15(13)21/h7-8,10-11H,5-6,9H2,1-4H3. The number of rotatable bonds is 6. The number of hydrogen-bond acceptors (Lipinski definition) is 3. The summed E-state index contributed by atoms with van der Waals surface area (Å²) in [7, 11) is 0. The second-order valence-corrected chi connectivity index (χ2v) is 6.38. The van der Waals surface area contributed by atoms with Crippen LogP contribution in [0.3, 0.4) is 0 Å². The van der Waals surface area contributed by atoms with Gasteiger partial charge in [0.25, 0.3) is 0 Å². The molecule has 2 rings (SSSR count). The van der Waals surface area contributed by atoms with E-state index in [2.05, 4.69) is 40.2 Å². The minimum Gasteiger partial charge on any atom is -0.307 e. The third-order valence-corrected chi connectivity index (χ3v) is 4.14. The fourth-order valence-corrected chi connectivity index (χ4v) is 2.93. The van der Waals surface area contributed by atoms with Gasteiger partial charge in [-0.1, -0.05) is 25.4 Å². The Morgan fingerprint density at radius 3 is 2.52 bits per heavy atom. The number of nitrogens with zero attached hydrogens (tertiary/aromatic N) is 4. The van der Waals surface area contributed by atoms with Gasteiger partial charge in [-0.25, -0.2) is 9.97 Å². The number of aromatic nitrogens is 3. The first-order valence-corrected chi connectivity index (χ1v) is 8.19. The van der Waals surface area contributed by atoms with Crippen molar-refractivity contribution in [2.24, 2.45) is 0 Å². The number of imidazole rings is 1. The highest BCUT2D eigenvalue weighted by Gasteiger charge is 2.21. The topological polar surface area (TPSA) is 34.0 Å². The number of pyridine rings is 1. The zero-order chi connectivity index (χ0) is 15.6. The van der Waals surface area contributed by atoms with Crippen molar-refractivity contribution in [1.29, 1.82) is 0 Å². The van der Waals surface area contributed by atoms with E-state index in [0.717, 1.165) is 36.6 Å². The molecule has 116 valence electrons. The first-order chi connectivity index (χ1) is 9.97. The maximum absolute atomic E-state index is 6.31. The Kier molecular flexibility index (Phi) is 5.47. The number of hydrogen-bond donors (Lipinski definition) is 0. The van der Waals surface area contributed by atoms with E-state index >= 15 is 0 Å². The third kappa shape index (κ3) is 3.50. The molecule has 0 radical (unpaired) electrons. The van der Waals surface area contributed by atoms with Gasteiger partial charge in [0.05, 0.1) is 10.4 Å². The van der Waals surface area contributed by atoms with Crippen molar-refractivity contribution in [3.63, 3.8) is 0 Å². The molecular formula is C15H22Cl2N4. The molecule has 21 heavy (non-hydrogen) atoms. The van der Waals surface area contributed by atoms with Crippen LogP contribution < -0.4 is 0 Å². The van der Waals surface area contributed by atoms with Crippen LogP contribution in [-0.2, 0) is 0 Å². The Hall–Kier alpha value is -0.840. The van der Waals surface area contributed by atoms with Crippen LogP contribution in [0, 0.1) is 0 Å². The number of likely N-dealkylation sites (N-methyl/N-ethyl adjacent to an activating group) is 1. The van der Waals surface area contributed by atoms with Crippen molar-refractivity contribution >= 4 is 34.4 Å². The lowest BCUT2D eigenvalue weighted by Crippen LogP contribution is -2.30. The SMILES string of the molecule is CCN(CC)CC(C)n1c(C(C)Cl)nc2cc(Cl)cnc21. The van der Waals surface area contributed by atoms with Crippen LogP contribution in [-0.4, -0.2) is 39.1 Å². The molecule has 0 saturated carbocycles. The van der Waals surface area contributed by atoms with Crippen LogP contribution in [0.1, 0.15) is 44.9 Å². The predicted octanol–water partition coefficient (Wildman–Crippen LogP) is 4.29. The first kappa shape index (κ1) is 16.5. The minimum absolute atomic E-state index is 0.169. The van der Waals surface area contributed by atoms with Crippen LogP contribution in [0.4, 0.5) is 0 Å². The van der Waals surface area contributed by atoms with E-state index in [1.54, 1.807) is 6.20 Å². The summed E-state index contributed by atoms with van der Waals surface area (Å²) in [4.78, 5) is 11.5. The summed E-state index contributed by atoms with van der Waals surface area (Å²) in [6.45, 7) is 11.5. The lowest BCUT2D eigenvalue weighted by atomic mass is 10.2. The van der Waals surface area contributed by atoms with E-state index in [-0.39, 0.29) is 11.4 Å². The van der Waals surface area contributed by atoms with Crippen molar-refractivity contribution < 1.29 is 0 Å². The lowest BCUT2D eigenvalue weighted by molar-refractivity contribution is 0.261. The van der Waals surface area contributed by atoms with Gasteiger partial charge in [-0.2, -0.15) is 0 Å². The van der Waals surface area contributed by atoms with E-state index in [9.17, 15) is 0 Å². The summed E-state index contributed by atoms with van der Waals surface area (Å²) in [5, 5.41) is 0.425. The molecule has 0 N–H and O–H groups in total. The van der Waals surface area contributed by atoms with Gasteiger partial charge in [0.15, 0.2) is 5.65 Å². The molecule has 0 aliphatic carbocycles. The molecule has 6 heteroatoms. The van der Waals surface area contributed by atoms with E-state index in [4.69, 9.17) is 23.2 Å².